The molecule has 3 nitrogen and oxygen atoms in total. The van der Waals surface area contributed by atoms with Gasteiger partial charge in [-0.2, -0.15) is 4.39 Å². The van der Waals surface area contributed by atoms with E-state index < -0.39 is 16.4 Å². The molecule has 0 N–H and O–H groups in total. The molecule has 0 aliphatic heterocycles. The van der Waals surface area contributed by atoms with Gasteiger partial charge in [0.15, 0.2) is 0 Å². The van der Waals surface area contributed by atoms with E-state index in [1.165, 1.54) is 12.1 Å². The van der Waals surface area contributed by atoms with Gasteiger partial charge in [0.2, 0.25) is 5.82 Å². The molecule has 0 saturated carbocycles. The van der Waals surface area contributed by atoms with Crippen molar-refractivity contribution in [1.29, 1.82) is 0 Å². The zero-order valence-electron chi connectivity index (χ0n) is 6.95. The minimum atomic E-state index is -0.799. The Morgan fingerprint density at radius 3 is 2.17 bits per heavy atom. The van der Waals surface area contributed by atoms with Crippen molar-refractivity contribution >= 4 is 5.69 Å². The number of nitrogens with zero attached hydrogens (tertiary/aromatic N) is 1. The third-order valence-corrected chi connectivity index (χ3v) is 1.05. The van der Waals surface area contributed by atoms with Crippen LogP contribution in [0, 0.1) is 15.9 Å². The minimum absolute atomic E-state index is 0.484. The minimum Gasteiger partial charge on any atom is -0.258 e. The van der Waals surface area contributed by atoms with Gasteiger partial charge in [-0.3, -0.25) is 10.1 Å². The molecule has 4 heteroatoms. The van der Waals surface area contributed by atoms with E-state index in [0.29, 0.717) is 0 Å². The Labute approximate surface area is 70.0 Å². The van der Waals surface area contributed by atoms with Gasteiger partial charge in [-0.05, 0) is 6.07 Å². The third-order valence-electron chi connectivity index (χ3n) is 1.05. The van der Waals surface area contributed by atoms with E-state index in [1.807, 2.05) is 13.8 Å². The van der Waals surface area contributed by atoms with Gasteiger partial charge in [0.05, 0.1) is 4.92 Å². The Bertz CT molecular complexity index is 263. The molecule has 0 fully saturated rings. The molecule has 0 unspecified atom stereocenters. The van der Waals surface area contributed by atoms with Crippen molar-refractivity contribution in [2.75, 3.05) is 0 Å². The van der Waals surface area contributed by atoms with Crippen LogP contribution in [0.3, 0.4) is 0 Å². The molecule has 0 aliphatic carbocycles. The maximum Gasteiger partial charge on any atom is 0.304 e. The van der Waals surface area contributed by atoms with Crippen molar-refractivity contribution in [3.8, 4) is 0 Å². The Kier molecular flexibility index (Phi) is 4.60. The molecule has 0 saturated heterocycles. The summed E-state index contributed by atoms with van der Waals surface area (Å²) in [6.45, 7) is 4.00. The van der Waals surface area contributed by atoms with Crippen LogP contribution in [0.25, 0.3) is 0 Å². The Balaban J connectivity index is 0.000000561. The summed E-state index contributed by atoms with van der Waals surface area (Å²) in [7, 11) is 0. The van der Waals surface area contributed by atoms with Crippen LogP contribution in [-0.4, -0.2) is 4.92 Å². The van der Waals surface area contributed by atoms with Gasteiger partial charge in [0, 0.05) is 6.07 Å². The van der Waals surface area contributed by atoms with E-state index in [-0.39, 0.29) is 0 Å². The van der Waals surface area contributed by atoms with Crippen molar-refractivity contribution in [2.45, 2.75) is 13.8 Å². The summed E-state index contributed by atoms with van der Waals surface area (Å²) in [6, 6.07) is 5.00. The van der Waals surface area contributed by atoms with E-state index >= 15 is 0 Å². The lowest BCUT2D eigenvalue weighted by Crippen LogP contribution is -1.90. The van der Waals surface area contributed by atoms with Crippen LogP contribution in [0.1, 0.15) is 13.8 Å². The highest BCUT2D eigenvalue weighted by Crippen LogP contribution is 2.14. The second-order valence-corrected chi connectivity index (χ2v) is 1.71. The number of rotatable bonds is 1. The second kappa shape index (κ2) is 5.23. The van der Waals surface area contributed by atoms with Crippen molar-refractivity contribution in [3.05, 3.63) is 40.2 Å². The molecule has 0 aliphatic rings. The van der Waals surface area contributed by atoms with Gasteiger partial charge in [0.25, 0.3) is 0 Å². The van der Waals surface area contributed by atoms with E-state index in [1.54, 1.807) is 0 Å². The van der Waals surface area contributed by atoms with Gasteiger partial charge in [-0.1, -0.05) is 26.0 Å². The Hall–Kier alpha value is -1.45. The van der Waals surface area contributed by atoms with Gasteiger partial charge < -0.3 is 0 Å². The molecule has 1 aromatic rings. The zero-order valence-corrected chi connectivity index (χ0v) is 6.95. The highest BCUT2D eigenvalue weighted by atomic mass is 19.1. The average Bonchev–Trinajstić information content (AvgIpc) is 2.08. The molecule has 0 heterocycles. The van der Waals surface area contributed by atoms with Crippen molar-refractivity contribution < 1.29 is 9.31 Å². The summed E-state index contributed by atoms with van der Waals surface area (Å²) in [6.07, 6.45) is 0. The molecule has 1 aromatic carbocycles. The standard InChI is InChI=1S/C6H4FNO2.C2H6/c7-5-3-1-2-4-6(5)8(9)10;1-2/h1-4H;1-2H3. The van der Waals surface area contributed by atoms with E-state index in [4.69, 9.17) is 0 Å². The first kappa shape index (κ1) is 10.6. The van der Waals surface area contributed by atoms with Crippen LogP contribution >= 0.6 is 0 Å². The summed E-state index contributed by atoms with van der Waals surface area (Å²) >= 11 is 0. The summed E-state index contributed by atoms with van der Waals surface area (Å²) < 4.78 is 12.4. The van der Waals surface area contributed by atoms with Gasteiger partial charge in [-0.15, -0.1) is 0 Å². The van der Waals surface area contributed by atoms with Crippen LogP contribution in [0.5, 0.6) is 0 Å². The van der Waals surface area contributed by atoms with Crippen molar-refractivity contribution in [3.63, 3.8) is 0 Å². The quantitative estimate of drug-likeness (QED) is 0.481. The zero-order chi connectivity index (χ0) is 9.56. The molecule has 1 rings (SSSR count). The highest BCUT2D eigenvalue weighted by molar-refractivity contribution is 5.30. The number of para-hydroxylation sites is 1. The summed E-state index contributed by atoms with van der Waals surface area (Å²) in [5.41, 5.74) is -0.484. The maximum absolute atomic E-state index is 12.4. The molecule has 0 atom stereocenters. The normalized spacial score (nSPS) is 8.25. The largest absolute Gasteiger partial charge is 0.304 e. The van der Waals surface area contributed by atoms with Gasteiger partial charge in [-0.25, -0.2) is 0 Å². The van der Waals surface area contributed by atoms with Crippen LogP contribution < -0.4 is 0 Å². The van der Waals surface area contributed by atoms with Crippen LogP contribution in [-0.2, 0) is 0 Å². The first-order chi connectivity index (χ1) is 5.72. The molecule has 12 heavy (non-hydrogen) atoms. The average molecular weight is 171 g/mol. The van der Waals surface area contributed by atoms with Crippen molar-refractivity contribution in [2.24, 2.45) is 0 Å². The predicted octanol–water partition coefficient (Wildman–Crippen LogP) is 2.76. The molecule has 0 radical (unpaired) electrons. The lowest BCUT2D eigenvalue weighted by molar-refractivity contribution is -0.387. The highest BCUT2D eigenvalue weighted by Gasteiger charge is 2.09. The number of halogens is 1. The summed E-state index contributed by atoms with van der Waals surface area (Å²) in [5.74, 6) is -0.799. The summed E-state index contributed by atoms with van der Waals surface area (Å²) in [4.78, 5) is 9.23. The summed E-state index contributed by atoms with van der Waals surface area (Å²) in [5, 5.41) is 9.99. The number of hydrogen-bond acceptors (Lipinski definition) is 2. The van der Waals surface area contributed by atoms with Gasteiger partial charge >= 0.3 is 5.69 Å². The SMILES string of the molecule is CC.O=[N+]([O-])c1ccccc1F. The monoisotopic (exact) mass is 171 g/mol. The molecule has 66 valence electrons. The van der Waals surface area contributed by atoms with Crippen LogP contribution in [0.2, 0.25) is 0 Å². The molecular formula is C8H10FNO2. The molecule has 0 bridgehead atoms. The number of benzene rings is 1. The van der Waals surface area contributed by atoms with E-state index in [0.717, 1.165) is 12.1 Å². The molecule has 0 spiro atoms. The topological polar surface area (TPSA) is 43.1 Å². The lowest BCUT2D eigenvalue weighted by Gasteiger charge is -1.89. The fourth-order valence-electron chi connectivity index (χ4n) is 0.600. The Morgan fingerprint density at radius 1 is 1.33 bits per heavy atom. The molecule has 0 aromatic heterocycles. The third kappa shape index (κ3) is 2.65. The first-order valence-electron chi connectivity index (χ1n) is 3.61. The lowest BCUT2D eigenvalue weighted by atomic mass is 10.3. The Morgan fingerprint density at radius 2 is 1.83 bits per heavy atom. The van der Waals surface area contributed by atoms with E-state index in [9.17, 15) is 14.5 Å². The first-order valence-corrected chi connectivity index (χ1v) is 3.61. The van der Waals surface area contributed by atoms with Crippen molar-refractivity contribution in [1.82, 2.24) is 0 Å². The molecule has 0 amide bonds. The van der Waals surface area contributed by atoms with Crippen LogP contribution in [0.4, 0.5) is 10.1 Å². The van der Waals surface area contributed by atoms with Crippen LogP contribution in [0.15, 0.2) is 24.3 Å². The van der Waals surface area contributed by atoms with Gasteiger partial charge in [0.1, 0.15) is 0 Å². The number of nitro groups is 1. The smallest absolute Gasteiger partial charge is 0.258 e. The maximum atomic E-state index is 12.4. The second-order valence-electron chi connectivity index (χ2n) is 1.71. The fraction of sp³-hybridized carbons (Fsp3) is 0.250. The number of hydrogen-bond donors (Lipinski definition) is 0. The van der Waals surface area contributed by atoms with E-state index in [2.05, 4.69) is 0 Å². The molecular weight excluding hydrogens is 161 g/mol. The predicted molar refractivity (Wildman–Crippen MR) is 44.4 cm³/mol. The fourth-order valence-corrected chi connectivity index (χ4v) is 0.600. The number of nitro benzene ring substituents is 1.